The molecule has 40 heavy (non-hydrogen) atoms. The van der Waals surface area contributed by atoms with Gasteiger partial charge in [-0.05, 0) is 50.2 Å². The fourth-order valence-corrected chi connectivity index (χ4v) is 5.32. The zero-order valence-corrected chi connectivity index (χ0v) is 23.3. The Morgan fingerprint density at radius 2 is 1.88 bits per heavy atom. The van der Waals surface area contributed by atoms with Crippen molar-refractivity contribution in [3.8, 4) is 22.6 Å². The third-order valence-electron chi connectivity index (χ3n) is 7.37. The summed E-state index contributed by atoms with van der Waals surface area (Å²) < 4.78 is 13.3. The number of carbonyl (C=O) groups excluding carboxylic acids is 1. The summed E-state index contributed by atoms with van der Waals surface area (Å²) in [6.07, 6.45) is 5.94. The van der Waals surface area contributed by atoms with E-state index in [1.807, 2.05) is 72.6 Å². The molecule has 1 amide bonds. The number of para-hydroxylation sites is 1. The Morgan fingerprint density at radius 1 is 1.12 bits per heavy atom. The quantitative estimate of drug-likeness (QED) is 0.292. The van der Waals surface area contributed by atoms with Gasteiger partial charge in [-0.25, -0.2) is 9.97 Å². The van der Waals surface area contributed by atoms with Gasteiger partial charge in [-0.2, -0.15) is 0 Å². The minimum atomic E-state index is 0.0279. The van der Waals surface area contributed by atoms with E-state index in [2.05, 4.69) is 26.4 Å². The van der Waals surface area contributed by atoms with Crippen molar-refractivity contribution in [1.29, 1.82) is 0 Å². The minimum absolute atomic E-state index is 0.0279. The summed E-state index contributed by atoms with van der Waals surface area (Å²) in [7, 11) is 3.70. The van der Waals surface area contributed by atoms with Gasteiger partial charge in [0.25, 0.3) is 0 Å². The van der Waals surface area contributed by atoms with Gasteiger partial charge < -0.3 is 29.6 Å². The molecule has 1 fully saturated rings. The summed E-state index contributed by atoms with van der Waals surface area (Å²) in [5, 5.41) is 0.834. The van der Waals surface area contributed by atoms with Crippen molar-refractivity contribution >= 4 is 22.8 Å². The molecule has 5 rings (SSSR count). The molecule has 0 aliphatic carbocycles. The van der Waals surface area contributed by atoms with Crippen molar-refractivity contribution in [2.45, 2.75) is 19.4 Å². The maximum atomic E-state index is 12.9. The molecule has 1 saturated heterocycles. The highest BCUT2D eigenvalue weighted by atomic mass is 16.5. The van der Waals surface area contributed by atoms with Gasteiger partial charge in [0.1, 0.15) is 29.3 Å². The van der Waals surface area contributed by atoms with Crippen LogP contribution in [0.5, 0.6) is 11.5 Å². The number of rotatable bonds is 10. The number of fused-ring (bicyclic) bond motifs is 1. The lowest BCUT2D eigenvalue weighted by Gasteiger charge is -2.18. The Hall–Kier alpha value is -4.21. The van der Waals surface area contributed by atoms with E-state index in [1.165, 1.54) is 6.33 Å². The number of benzene rings is 2. The highest BCUT2D eigenvalue weighted by Gasteiger charge is 2.31. The van der Waals surface area contributed by atoms with E-state index in [-0.39, 0.29) is 11.9 Å². The number of nitrogen functional groups attached to an aromatic ring is 1. The molecule has 2 aromatic heterocycles. The van der Waals surface area contributed by atoms with Crippen LogP contribution in [-0.2, 0) is 9.53 Å². The van der Waals surface area contributed by atoms with Crippen molar-refractivity contribution in [2.75, 3.05) is 52.7 Å². The van der Waals surface area contributed by atoms with E-state index in [0.717, 1.165) is 52.3 Å². The Bertz CT molecular complexity index is 1480. The van der Waals surface area contributed by atoms with Crippen molar-refractivity contribution in [1.82, 2.24) is 24.3 Å². The monoisotopic (exact) mass is 540 g/mol. The second-order valence-corrected chi connectivity index (χ2v) is 10.1. The molecular formula is C31H36N6O3. The van der Waals surface area contributed by atoms with Crippen LogP contribution in [0.15, 0.2) is 73.1 Å². The van der Waals surface area contributed by atoms with Crippen LogP contribution in [0.25, 0.3) is 22.2 Å². The number of hydrogen-bond acceptors (Lipinski definition) is 7. The second kappa shape index (κ2) is 12.3. The number of nitrogens with zero attached hydrogens (tertiary/aromatic N) is 5. The Balaban J connectivity index is 1.37. The first-order valence-electron chi connectivity index (χ1n) is 13.5. The Labute approximate surface area is 234 Å². The molecule has 1 aliphatic rings. The maximum Gasteiger partial charge on any atom is 0.246 e. The lowest BCUT2D eigenvalue weighted by atomic mass is 10.0. The summed E-state index contributed by atoms with van der Waals surface area (Å²) in [6, 6.07) is 17.8. The molecule has 1 aliphatic heterocycles. The summed E-state index contributed by atoms with van der Waals surface area (Å²) in [6.45, 7) is 5.57. The smallest absolute Gasteiger partial charge is 0.246 e. The van der Waals surface area contributed by atoms with E-state index < -0.39 is 0 Å². The SMILES string of the molecule is COCCN(C)CC=CC(=O)N1CCC(n2c(C)c(-c3ccc(Oc4ccccc4)cc3)c3c(N)ncnc32)C1. The number of hydrogen-bond donors (Lipinski definition) is 1. The van der Waals surface area contributed by atoms with Crippen LogP contribution >= 0.6 is 0 Å². The van der Waals surface area contributed by atoms with E-state index in [9.17, 15) is 4.79 Å². The molecule has 208 valence electrons. The average Bonchev–Trinajstić information content (AvgIpc) is 3.56. The van der Waals surface area contributed by atoms with E-state index >= 15 is 0 Å². The van der Waals surface area contributed by atoms with Gasteiger partial charge in [-0.15, -0.1) is 0 Å². The largest absolute Gasteiger partial charge is 0.457 e. The standard InChI is InChI=1S/C31H36N6O3/c1-22-28(23-11-13-26(14-12-23)40-25-8-5-4-6-9-25)29-30(32)33-21-34-31(29)37(22)24-15-17-36(20-24)27(38)10-7-16-35(2)18-19-39-3/h4-14,21,24H,15-20H2,1-3H3,(H2,32,33,34). The summed E-state index contributed by atoms with van der Waals surface area (Å²) in [4.78, 5) is 25.9. The number of methoxy groups -OCH3 is 1. The van der Waals surface area contributed by atoms with E-state index in [0.29, 0.717) is 32.1 Å². The first kappa shape index (κ1) is 27.4. The third kappa shape index (κ3) is 5.85. The van der Waals surface area contributed by atoms with E-state index in [4.69, 9.17) is 15.2 Å². The number of likely N-dealkylation sites (tertiary alicyclic amines) is 1. The second-order valence-electron chi connectivity index (χ2n) is 10.1. The molecule has 1 unspecified atom stereocenters. The van der Waals surface area contributed by atoms with Crippen LogP contribution in [0.2, 0.25) is 0 Å². The molecule has 3 heterocycles. The van der Waals surface area contributed by atoms with Gasteiger partial charge in [0, 0.05) is 50.6 Å². The summed E-state index contributed by atoms with van der Waals surface area (Å²) >= 11 is 0. The Kier molecular flexibility index (Phi) is 8.42. The van der Waals surface area contributed by atoms with Gasteiger partial charge >= 0.3 is 0 Å². The van der Waals surface area contributed by atoms with Crippen molar-refractivity contribution in [3.63, 3.8) is 0 Å². The van der Waals surface area contributed by atoms with Crippen LogP contribution in [-0.4, -0.2) is 77.2 Å². The number of amides is 1. The van der Waals surface area contributed by atoms with Crippen molar-refractivity contribution in [2.24, 2.45) is 0 Å². The molecule has 2 aromatic carbocycles. The molecule has 0 saturated carbocycles. The normalized spacial score (nSPS) is 15.5. The van der Waals surface area contributed by atoms with Crippen LogP contribution in [0.1, 0.15) is 18.2 Å². The van der Waals surface area contributed by atoms with Gasteiger partial charge in [-0.3, -0.25) is 4.79 Å². The highest BCUT2D eigenvalue weighted by molar-refractivity contribution is 6.02. The molecule has 2 N–H and O–H groups in total. The molecule has 4 aromatic rings. The lowest BCUT2D eigenvalue weighted by molar-refractivity contribution is -0.125. The average molecular weight is 541 g/mol. The van der Waals surface area contributed by atoms with Gasteiger partial charge in [-0.1, -0.05) is 36.4 Å². The summed E-state index contributed by atoms with van der Waals surface area (Å²) in [5.41, 5.74) is 10.3. The third-order valence-corrected chi connectivity index (χ3v) is 7.37. The molecule has 0 bridgehead atoms. The molecule has 1 atom stereocenters. The van der Waals surface area contributed by atoms with Crippen LogP contribution in [0, 0.1) is 6.92 Å². The number of likely N-dealkylation sites (N-methyl/N-ethyl adjacent to an activating group) is 1. The number of aromatic nitrogens is 3. The molecule has 9 heteroatoms. The van der Waals surface area contributed by atoms with Gasteiger partial charge in [0.05, 0.1) is 18.0 Å². The summed E-state index contributed by atoms with van der Waals surface area (Å²) in [5.74, 6) is 2.01. The number of ether oxygens (including phenoxy) is 2. The topological polar surface area (TPSA) is 98.7 Å². The minimum Gasteiger partial charge on any atom is -0.457 e. The van der Waals surface area contributed by atoms with Crippen molar-refractivity contribution in [3.05, 3.63) is 78.8 Å². The first-order valence-corrected chi connectivity index (χ1v) is 13.5. The van der Waals surface area contributed by atoms with Gasteiger partial charge in [0.15, 0.2) is 0 Å². The zero-order chi connectivity index (χ0) is 28.1. The van der Waals surface area contributed by atoms with Crippen LogP contribution in [0.3, 0.4) is 0 Å². The van der Waals surface area contributed by atoms with Crippen LogP contribution in [0.4, 0.5) is 5.82 Å². The predicted octanol–water partition coefficient (Wildman–Crippen LogP) is 4.69. The van der Waals surface area contributed by atoms with E-state index in [1.54, 1.807) is 13.2 Å². The molecule has 0 spiro atoms. The number of nitrogens with two attached hydrogens (primary N) is 1. The molecule has 0 radical (unpaired) electrons. The maximum absolute atomic E-state index is 12.9. The van der Waals surface area contributed by atoms with Gasteiger partial charge in [0.2, 0.25) is 5.91 Å². The number of carbonyl (C=O) groups is 1. The molecule has 9 nitrogen and oxygen atoms in total. The first-order chi connectivity index (χ1) is 19.5. The number of anilines is 1. The highest BCUT2D eigenvalue weighted by Crippen LogP contribution is 2.40. The fourth-order valence-electron chi connectivity index (χ4n) is 5.32. The van der Waals surface area contributed by atoms with Crippen LogP contribution < -0.4 is 10.5 Å². The zero-order valence-electron chi connectivity index (χ0n) is 23.3. The predicted molar refractivity (Wildman–Crippen MR) is 157 cm³/mol. The lowest BCUT2D eigenvalue weighted by Crippen LogP contribution is -2.28. The Morgan fingerprint density at radius 3 is 2.62 bits per heavy atom. The molecular weight excluding hydrogens is 504 g/mol. The van der Waals surface area contributed by atoms with Crippen molar-refractivity contribution < 1.29 is 14.3 Å². The fraction of sp³-hybridized carbons (Fsp3) is 0.323.